The molecule has 1 aromatic heterocycles. The van der Waals surface area contributed by atoms with Crippen molar-refractivity contribution in [3.8, 4) is 11.3 Å². The number of benzene rings is 3. The molecule has 1 atom stereocenters. The van der Waals surface area contributed by atoms with Crippen LogP contribution in [0.4, 0.5) is 5.13 Å². The number of hydrogen-bond donors (Lipinski definition) is 1. The van der Waals surface area contributed by atoms with Gasteiger partial charge in [0.05, 0.1) is 21.9 Å². The first-order valence-electron chi connectivity index (χ1n) is 11.3. The van der Waals surface area contributed by atoms with Crippen LogP contribution >= 0.6 is 11.3 Å². The fraction of sp³-hybridized carbons (Fsp3) is 0.179. The molecule has 0 saturated carbocycles. The van der Waals surface area contributed by atoms with Crippen molar-refractivity contribution in [1.82, 2.24) is 4.98 Å². The number of thiazole rings is 1. The summed E-state index contributed by atoms with van der Waals surface area (Å²) in [5.41, 5.74) is 1.85. The molecule has 0 aliphatic carbocycles. The van der Waals surface area contributed by atoms with E-state index in [1.165, 1.54) is 11.3 Å². The van der Waals surface area contributed by atoms with Gasteiger partial charge in [0, 0.05) is 21.8 Å². The number of nitrogens with one attached hydrogen (secondary N) is 1. The van der Waals surface area contributed by atoms with Crippen molar-refractivity contribution in [2.45, 2.75) is 31.1 Å². The van der Waals surface area contributed by atoms with E-state index in [-0.39, 0.29) is 11.7 Å². The van der Waals surface area contributed by atoms with E-state index in [4.69, 9.17) is 0 Å². The Kier molecular flexibility index (Phi) is 7.38. The summed E-state index contributed by atoms with van der Waals surface area (Å²) in [5, 5.41) is 3.29. The summed E-state index contributed by atoms with van der Waals surface area (Å²) in [5.74, 6) is 0.163. The zero-order valence-electron chi connectivity index (χ0n) is 19.8. The Labute approximate surface area is 211 Å². The molecule has 0 saturated heterocycles. The van der Waals surface area contributed by atoms with Crippen LogP contribution in [0.1, 0.15) is 41.6 Å². The molecule has 0 radical (unpaired) electrons. The Morgan fingerprint density at radius 3 is 2.11 bits per heavy atom. The van der Waals surface area contributed by atoms with Gasteiger partial charge >= 0.3 is 0 Å². The molecule has 3 aromatic carbocycles. The van der Waals surface area contributed by atoms with E-state index in [0.717, 1.165) is 16.0 Å². The number of amides is 1. The third kappa shape index (κ3) is 5.31. The topological polar surface area (TPSA) is 76.1 Å². The van der Waals surface area contributed by atoms with Gasteiger partial charge in [0.25, 0.3) is 0 Å². The summed E-state index contributed by atoms with van der Waals surface area (Å²) in [7, 11) is -1.05. The van der Waals surface area contributed by atoms with Gasteiger partial charge in [-0.15, -0.1) is 0 Å². The molecule has 1 unspecified atom stereocenters. The van der Waals surface area contributed by atoms with Crippen molar-refractivity contribution in [3.05, 3.63) is 101 Å². The quantitative estimate of drug-likeness (QED) is 0.296. The van der Waals surface area contributed by atoms with E-state index >= 15 is 0 Å². The van der Waals surface area contributed by atoms with E-state index in [0.29, 0.717) is 27.0 Å². The number of anilines is 1. The predicted molar refractivity (Wildman–Crippen MR) is 142 cm³/mol. The highest BCUT2D eigenvalue weighted by Gasteiger charge is 2.31. The zero-order chi connectivity index (χ0) is 25.0. The summed E-state index contributed by atoms with van der Waals surface area (Å²) in [4.78, 5) is 32.5. The third-order valence-electron chi connectivity index (χ3n) is 5.81. The van der Waals surface area contributed by atoms with Gasteiger partial charge in [0.1, 0.15) is 4.88 Å². The summed E-state index contributed by atoms with van der Waals surface area (Å²) >= 11 is 1.17. The van der Waals surface area contributed by atoms with E-state index in [1.54, 1.807) is 24.3 Å². The SMILES string of the molecule is CCS(=O)c1ccc(C(C)(C)C(=O)Nc2nc(-c3ccccc3)c(C(=O)c3ccccc3)s2)cc1. The number of carbonyl (C=O) groups excluding carboxylic acids is 2. The predicted octanol–water partition coefficient (Wildman–Crippen LogP) is 6.08. The summed E-state index contributed by atoms with van der Waals surface area (Å²) in [6.07, 6.45) is 0. The highest BCUT2D eigenvalue weighted by Crippen LogP contribution is 2.34. The van der Waals surface area contributed by atoms with Crippen molar-refractivity contribution in [3.63, 3.8) is 0 Å². The number of ketones is 1. The Bertz CT molecular complexity index is 1360. The van der Waals surface area contributed by atoms with Gasteiger partial charge in [0.15, 0.2) is 5.13 Å². The van der Waals surface area contributed by atoms with Crippen LogP contribution in [-0.2, 0) is 21.0 Å². The molecule has 0 fully saturated rings. The van der Waals surface area contributed by atoms with Crippen LogP contribution in [0.25, 0.3) is 11.3 Å². The van der Waals surface area contributed by atoms with Crippen molar-refractivity contribution in [2.24, 2.45) is 0 Å². The molecule has 5 nitrogen and oxygen atoms in total. The third-order valence-corrected chi connectivity index (χ3v) is 8.10. The van der Waals surface area contributed by atoms with Gasteiger partial charge in [-0.2, -0.15) is 0 Å². The van der Waals surface area contributed by atoms with Crippen LogP contribution in [0.15, 0.2) is 89.8 Å². The second kappa shape index (κ2) is 10.5. The maximum atomic E-state index is 13.3. The first-order valence-corrected chi connectivity index (χ1v) is 13.4. The number of nitrogens with zero attached hydrogens (tertiary/aromatic N) is 1. The van der Waals surface area contributed by atoms with Gasteiger partial charge in [0.2, 0.25) is 11.7 Å². The van der Waals surface area contributed by atoms with E-state index in [2.05, 4.69) is 10.3 Å². The molecule has 0 aliphatic rings. The van der Waals surface area contributed by atoms with Crippen LogP contribution < -0.4 is 5.32 Å². The molecular formula is C28H26N2O3S2. The first-order chi connectivity index (χ1) is 16.8. The molecule has 35 heavy (non-hydrogen) atoms. The fourth-order valence-electron chi connectivity index (χ4n) is 3.61. The van der Waals surface area contributed by atoms with Crippen molar-refractivity contribution >= 4 is 39.0 Å². The van der Waals surface area contributed by atoms with Gasteiger partial charge < -0.3 is 5.32 Å². The second-order valence-corrected chi connectivity index (χ2v) is 11.2. The fourth-order valence-corrected chi connectivity index (χ4v) is 5.33. The lowest BCUT2D eigenvalue weighted by atomic mass is 9.84. The van der Waals surface area contributed by atoms with Crippen LogP contribution in [-0.4, -0.2) is 26.6 Å². The van der Waals surface area contributed by atoms with Gasteiger partial charge in [-0.3, -0.25) is 13.8 Å². The minimum absolute atomic E-state index is 0.138. The highest BCUT2D eigenvalue weighted by atomic mass is 32.2. The number of rotatable bonds is 8. The standard InChI is InChI=1S/C28H26N2O3S2/c1-4-35(33)22-17-15-21(16-18-22)28(2,3)26(32)30-27-29-23(19-11-7-5-8-12-19)25(34-27)24(31)20-13-9-6-10-14-20/h5-18H,4H2,1-3H3,(H,29,30,32). The monoisotopic (exact) mass is 502 g/mol. The summed E-state index contributed by atoms with van der Waals surface area (Å²) in [6.45, 7) is 5.53. The summed E-state index contributed by atoms with van der Waals surface area (Å²) in [6, 6.07) is 25.8. The van der Waals surface area contributed by atoms with E-state index in [1.807, 2.05) is 81.4 Å². The van der Waals surface area contributed by atoms with E-state index in [9.17, 15) is 13.8 Å². The minimum atomic E-state index is -1.05. The number of hydrogen-bond acceptors (Lipinski definition) is 5. The molecule has 0 aliphatic heterocycles. The first kappa shape index (κ1) is 24.7. The highest BCUT2D eigenvalue weighted by molar-refractivity contribution is 7.85. The average molecular weight is 503 g/mol. The van der Waals surface area contributed by atoms with Crippen LogP contribution in [0.5, 0.6) is 0 Å². The van der Waals surface area contributed by atoms with Gasteiger partial charge in [-0.1, -0.05) is 91.1 Å². The van der Waals surface area contributed by atoms with Crippen LogP contribution in [0, 0.1) is 0 Å². The molecule has 1 amide bonds. The lowest BCUT2D eigenvalue weighted by Crippen LogP contribution is -2.34. The minimum Gasteiger partial charge on any atom is -0.301 e. The van der Waals surface area contributed by atoms with Crippen molar-refractivity contribution < 1.29 is 13.8 Å². The Morgan fingerprint density at radius 2 is 1.51 bits per heavy atom. The van der Waals surface area contributed by atoms with Crippen molar-refractivity contribution in [1.29, 1.82) is 0 Å². The molecular weight excluding hydrogens is 476 g/mol. The molecule has 4 rings (SSSR count). The molecule has 1 heterocycles. The lowest BCUT2D eigenvalue weighted by Gasteiger charge is -2.23. The maximum Gasteiger partial charge on any atom is 0.236 e. The maximum absolute atomic E-state index is 13.3. The largest absolute Gasteiger partial charge is 0.301 e. The summed E-state index contributed by atoms with van der Waals surface area (Å²) < 4.78 is 12.1. The molecule has 178 valence electrons. The van der Waals surface area contributed by atoms with Gasteiger partial charge in [-0.25, -0.2) is 4.98 Å². The second-order valence-electron chi connectivity index (χ2n) is 8.50. The number of aromatic nitrogens is 1. The van der Waals surface area contributed by atoms with Crippen molar-refractivity contribution in [2.75, 3.05) is 11.1 Å². The molecule has 1 N–H and O–H groups in total. The van der Waals surface area contributed by atoms with Crippen LogP contribution in [0.3, 0.4) is 0 Å². The zero-order valence-corrected chi connectivity index (χ0v) is 21.4. The normalized spacial score (nSPS) is 12.2. The van der Waals surface area contributed by atoms with Gasteiger partial charge in [-0.05, 0) is 31.5 Å². The Morgan fingerprint density at radius 1 is 0.914 bits per heavy atom. The molecule has 4 aromatic rings. The van der Waals surface area contributed by atoms with Crippen LogP contribution in [0.2, 0.25) is 0 Å². The average Bonchev–Trinajstić information content (AvgIpc) is 3.32. The molecule has 0 bridgehead atoms. The smallest absolute Gasteiger partial charge is 0.236 e. The number of carbonyl (C=O) groups is 2. The molecule has 0 spiro atoms. The Balaban J connectivity index is 1.65. The molecule has 7 heteroatoms. The Hall–Kier alpha value is -3.42. The van der Waals surface area contributed by atoms with E-state index < -0.39 is 16.2 Å². The lowest BCUT2D eigenvalue weighted by molar-refractivity contribution is -0.120.